The summed E-state index contributed by atoms with van der Waals surface area (Å²) in [4.78, 5) is 22.9. The number of H-pyrrole nitrogens is 1. The summed E-state index contributed by atoms with van der Waals surface area (Å²) in [6.45, 7) is 5.20. The highest BCUT2D eigenvalue weighted by molar-refractivity contribution is 5.81. The van der Waals surface area contributed by atoms with Crippen LogP contribution in [-0.4, -0.2) is 26.1 Å². The molecule has 2 heterocycles. The van der Waals surface area contributed by atoms with E-state index in [1.54, 1.807) is 4.57 Å². The molecule has 0 aliphatic rings. The summed E-state index contributed by atoms with van der Waals surface area (Å²) in [6.07, 6.45) is 2.76. The van der Waals surface area contributed by atoms with E-state index >= 15 is 0 Å². The summed E-state index contributed by atoms with van der Waals surface area (Å²) in [6, 6.07) is 0.219. The zero-order valence-corrected chi connectivity index (χ0v) is 11.3. The van der Waals surface area contributed by atoms with E-state index in [0.717, 1.165) is 19.3 Å². The highest BCUT2D eigenvalue weighted by Crippen LogP contribution is 2.17. The molecule has 0 atom stereocenters. The summed E-state index contributed by atoms with van der Waals surface area (Å²) < 4.78 is 6.96. The van der Waals surface area contributed by atoms with Gasteiger partial charge in [-0.05, 0) is 12.8 Å². The Hall–Kier alpha value is -2.05. The zero-order chi connectivity index (χ0) is 13.8. The maximum atomic E-state index is 11.9. The smallest absolute Gasteiger partial charge is 0.327 e. The van der Waals surface area contributed by atoms with Gasteiger partial charge in [0.1, 0.15) is 5.52 Å². The molecule has 0 saturated carbocycles. The second-order valence-electron chi connectivity index (χ2n) is 4.37. The van der Waals surface area contributed by atoms with E-state index in [1.165, 1.54) is 0 Å². The molecule has 0 spiro atoms. The number of ether oxygens (including phenoxy) is 1. The van der Waals surface area contributed by atoms with Crippen molar-refractivity contribution in [2.75, 3.05) is 12.3 Å². The Bertz CT molecular complexity index is 616. The van der Waals surface area contributed by atoms with Crippen molar-refractivity contribution in [3.05, 3.63) is 10.5 Å². The van der Waals surface area contributed by atoms with Gasteiger partial charge in [-0.25, -0.2) is 4.79 Å². The maximum Gasteiger partial charge on any atom is 0.327 e. The monoisotopic (exact) mass is 265 g/mol. The molecule has 0 unspecified atom stereocenters. The molecule has 0 aliphatic carbocycles. The Balaban J connectivity index is 2.46. The van der Waals surface area contributed by atoms with Gasteiger partial charge >= 0.3 is 11.7 Å². The SMILES string of the molecule is CCCCn1c(=O)[nH]c2c(N)nc(OCCC)nc21. The summed E-state index contributed by atoms with van der Waals surface area (Å²) in [7, 11) is 0. The lowest BCUT2D eigenvalue weighted by molar-refractivity contribution is 0.293. The molecular weight excluding hydrogens is 246 g/mol. The first-order valence-corrected chi connectivity index (χ1v) is 6.56. The minimum atomic E-state index is -0.211. The van der Waals surface area contributed by atoms with Gasteiger partial charge in [-0.1, -0.05) is 20.3 Å². The molecule has 7 heteroatoms. The molecule has 0 bridgehead atoms. The summed E-state index contributed by atoms with van der Waals surface area (Å²) >= 11 is 0. The Morgan fingerprint density at radius 2 is 2.11 bits per heavy atom. The number of hydrogen-bond donors (Lipinski definition) is 2. The van der Waals surface area contributed by atoms with Crippen molar-refractivity contribution in [2.24, 2.45) is 0 Å². The van der Waals surface area contributed by atoms with Crippen molar-refractivity contribution in [1.29, 1.82) is 0 Å². The van der Waals surface area contributed by atoms with Crippen LogP contribution in [0.4, 0.5) is 5.82 Å². The fraction of sp³-hybridized carbons (Fsp3) is 0.583. The highest BCUT2D eigenvalue weighted by atomic mass is 16.5. The summed E-state index contributed by atoms with van der Waals surface area (Å²) in [5.41, 5.74) is 6.60. The first-order chi connectivity index (χ1) is 9.17. The number of aromatic amines is 1. The summed E-state index contributed by atoms with van der Waals surface area (Å²) in [5, 5.41) is 0. The number of fused-ring (bicyclic) bond motifs is 1. The number of anilines is 1. The van der Waals surface area contributed by atoms with Gasteiger partial charge in [0.15, 0.2) is 11.5 Å². The predicted octanol–water partition coefficient (Wildman–Crippen LogP) is 1.29. The fourth-order valence-corrected chi connectivity index (χ4v) is 1.81. The molecule has 2 rings (SSSR count). The number of aryl methyl sites for hydroxylation is 1. The molecule has 0 fully saturated rings. The minimum absolute atomic E-state index is 0.211. The van der Waals surface area contributed by atoms with Gasteiger partial charge in [-0.15, -0.1) is 0 Å². The summed E-state index contributed by atoms with van der Waals surface area (Å²) in [5.74, 6) is 0.239. The molecule has 0 aromatic carbocycles. The van der Waals surface area contributed by atoms with Crippen LogP contribution in [0.5, 0.6) is 6.01 Å². The van der Waals surface area contributed by atoms with E-state index < -0.39 is 0 Å². The van der Waals surface area contributed by atoms with Crippen molar-refractivity contribution in [1.82, 2.24) is 19.5 Å². The third-order valence-electron chi connectivity index (χ3n) is 2.80. The number of unbranched alkanes of at least 4 members (excludes halogenated alkanes) is 1. The Kier molecular flexibility index (Phi) is 4.03. The average Bonchev–Trinajstić information content (AvgIpc) is 2.71. The van der Waals surface area contributed by atoms with Gasteiger partial charge in [-0.2, -0.15) is 9.97 Å². The van der Waals surface area contributed by atoms with E-state index in [1.807, 2.05) is 6.92 Å². The molecule has 0 radical (unpaired) electrons. The molecule has 0 saturated heterocycles. The van der Waals surface area contributed by atoms with Gasteiger partial charge in [-0.3, -0.25) is 4.57 Å². The number of nitrogens with two attached hydrogens (primary N) is 1. The van der Waals surface area contributed by atoms with E-state index in [-0.39, 0.29) is 17.5 Å². The Morgan fingerprint density at radius 3 is 2.79 bits per heavy atom. The Morgan fingerprint density at radius 1 is 1.32 bits per heavy atom. The highest BCUT2D eigenvalue weighted by Gasteiger charge is 2.13. The molecule has 3 N–H and O–H groups in total. The number of nitrogen functional groups attached to an aromatic ring is 1. The lowest BCUT2D eigenvalue weighted by Crippen LogP contribution is -2.17. The molecule has 0 aliphatic heterocycles. The first-order valence-electron chi connectivity index (χ1n) is 6.56. The normalized spacial score (nSPS) is 11.1. The van der Waals surface area contributed by atoms with Gasteiger partial charge in [0.2, 0.25) is 0 Å². The number of rotatable bonds is 6. The zero-order valence-electron chi connectivity index (χ0n) is 11.3. The van der Waals surface area contributed by atoms with Crippen LogP contribution in [0.25, 0.3) is 11.2 Å². The van der Waals surface area contributed by atoms with Crippen molar-refractivity contribution < 1.29 is 4.74 Å². The quantitative estimate of drug-likeness (QED) is 0.820. The van der Waals surface area contributed by atoms with Crippen LogP contribution in [0.1, 0.15) is 33.1 Å². The van der Waals surface area contributed by atoms with E-state index in [4.69, 9.17) is 10.5 Å². The molecule has 104 valence electrons. The lowest BCUT2D eigenvalue weighted by Gasteiger charge is -2.05. The van der Waals surface area contributed by atoms with Crippen molar-refractivity contribution in [2.45, 2.75) is 39.7 Å². The predicted molar refractivity (Wildman–Crippen MR) is 73.3 cm³/mol. The largest absolute Gasteiger partial charge is 0.463 e. The number of hydrogen-bond acceptors (Lipinski definition) is 5. The third kappa shape index (κ3) is 2.69. The number of nitrogens with one attached hydrogen (secondary N) is 1. The molecule has 2 aromatic heterocycles. The molecule has 0 amide bonds. The fourth-order valence-electron chi connectivity index (χ4n) is 1.81. The number of aromatic nitrogens is 4. The van der Waals surface area contributed by atoms with Crippen molar-refractivity contribution >= 4 is 17.0 Å². The third-order valence-corrected chi connectivity index (χ3v) is 2.80. The van der Waals surface area contributed by atoms with Crippen LogP contribution in [0.2, 0.25) is 0 Å². The van der Waals surface area contributed by atoms with Crippen LogP contribution < -0.4 is 16.2 Å². The van der Waals surface area contributed by atoms with Crippen molar-refractivity contribution in [3.8, 4) is 6.01 Å². The van der Waals surface area contributed by atoms with Gasteiger partial charge in [0.05, 0.1) is 6.61 Å². The maximum absolute atomic E-state index is 11.9. The molecular formula is C12H19N5O2. The number of imidazole rings is 1. The topological polar surface area (TPSA) is 98.8 Å². The standard InChI is InChI=1S/C12H19N5O2/c1-3-5-6-17-10-8(14-12(17)18)9(13)15-11(16-10)19-7-4-2/h3-7H2,1-2H3,(H,14,18)(H2,13,15,16). The molecule has 2 aromatic rings. The van der Waals surface area contributed by atoms with E-state index in [2.05, 4.69) is 21.9 Å². The lowest BCUT2D eigenvalue weighted by atomic mass is 10.3. The van der Waals surface area contributed by atoms with Gasteiger partial charge in [0, 0.05) is 6.54 Å². The van der Waals surface area contributed by atoms with Crippen LogP contribution in [0.3, 0.4) is 0 Å². The molecule has 7 nitrogen and oxygen atoms in total. The van der Waals surface area contributed by atoms with Crippen LogP contribution in [0.15, 0.2) is 4.79 Å². The van der Waals surface area contributed by atoms with E-state index in [0.29, 0.717) is 24.3 Å². The Labute approximate surface area is 110 Å². The second kappa shape index (κ2) is 5.73. The van der Waals surface area contributed by atoms with E-state index in [9.17, 15) is 4.79 Å². The van der Waals surface area contributed by atoms with Gasteiger partial charge in [0.25, 0.3) is 0 Å². The van der Waals surface area contributed by atoms with Crippen LogP contribution in [0, 0.1) is 0 Å². The average molecular weight is 265 g/mol. The first kappa shape index (κ1) is 13.4. The second-order valence-corrected chi connectivity index (χ2v) is 4.37. The van der Waals surface area contributed by atoms with Crippen LogP contribution >= 0.6 is 0 Å². The minimum Gasteiger partial charge on any atom is -0.463 e. The number of nitrogens with zero attached hydrogens (tertiary/aromatic N) is 3. The molecule has 19 heavy (non-hydrogen) atoms. The van der Waals surface area contributed by atoms with Crippen molar-refractivity contribution in [3.63, 3.8) is 0 Å². The van der Waals surface area contributed by atoms with Crippen LogP contribution in [-0.2, 0) is 6.54 Å². The van der Waals surface area contributed by atoms with Gasteiger partial charge < -0.3 is 15.5 Å².